The Labute approximate surface area is 141 Å². The largest absolute Gasteiger partial charge is 0.481 e. The monoisotopic (exact) mass is 354 g/mol. The van der Waals surface area contributed by atoms with Crippen molar-refractivity contribution < 1.29 is 23.1 Å². The zero-order valence-corrected chi connectivity index (χ0v) is 14.3. The Morgan fingerprint density at radius 1 is 1.29 bits per heavy atom. The van der Waals surface area contributed by atoms with Crippen LogP contribution in [0.25, 0.3) is 0 Å². The van der Waals surface area contributed by atoms with Gasteiger partial charge in [-0.05, 0) is 43.9 Å². The second-order valence-electron chi connectivity index (χ2n) is 6.02. The second-order valence-corrected chi connectivity index (χ2v) is 7.86. The molecule has 1 aliphatic rings. The number of carbonyl (C=O) groups excluding carboxylic acids is 1. The summed E-state index contributed by atoms with van der Waals surface area (Å²) in [6.45, 7) is 1.77. The SMILES string of the molecule is CCCS(=O)(=O)Nc1cccc(C(=O)N[C@@H]2CC[C@H](C(=O)O)C2)c1. The Morgan fingerprint density at radius 3 is 2.67 bits per heavy atom. The van der Waals surface area contributed by atoms with E-state index in [0.717, 1.165) is 0 Å². The Morgan fingerprint density at radius 2 is 2.04 bits per heavy atom. The van der Waals surface area contributed by atoms with Crippen LogP contribution in [0.3, 0.4) is 0 Å². The predicted octanol–water partition coefficient (Wildman–Crippen LogP) is 1.82. The summed E-state index contributed by atoms with van der Waals surface area (Å²) >= 11 is 0. The molecule has 0 aliphatic heterocycles. The van der Waals surface area contributed by atoms with Gasteiger partial charge in [0.1, 0.15) is 0 Å². The molecule has 0 heterocycles. The quantitative estimate of drug-likeness (QED) is 0.691. The molecule has 24 heavy (non-hydrogen) atoms. The van der Waals surface area contributed by atoms with Crippen LogP contribution in [0.5, 0.6) is 0 Å². The zero-order chi connectivity index (χ0) is 17.7. The minimum atomic E-state index is -3.41. The highest BCUT2D eigenvalue weighted by Crippen LogP contribution is 2.26. The van der Waals surface area contributed by atoms with Crippen molar-refractivity contribution in [2.24, 2.45) is 5.92 Å². The first-order valence-electron chi connectivity index (χ1n) is 7.95. The highest BCUT2D eigenvalue weighted by molar-refractivity contribution is 7.92. The summed E-state index contributed by atoms with van der Waals surface area (Å²) in [5.41, 5.74) is 0.677. The van der Waals surface area contributed by atoms with E-state index >= 15 is 0 Å². The highest BCUT2D eigenvalue weighted by Gasteiger charge is 2.30. The van der Waals surface area contributed by atoms with Crippen molar-refractivity contribution in [3.05, 3.63) is 29.8 Å². The van der Waals surface area contributed by atoms with Gasteiger partial charge in [0, 0.05) is 17.3 Å². The standard InChI is InChI=1S/C16H22N2O5S/c1-2-8-24(22,23)18-14-5-3-4-11(9-14)15(19)17-13-7-6-12(10-13)16(20)21/h3-5,9,12-13,18H,2,6-8,10H2,1H3,(H,17,19)(H,20,21)/t12-,13+/m0/s1. The number of nitrogens with one attached hydrogen (secondary N) is 2. The van der Waals surface area contributed by atoms with Gasteiger partial charge in [-0.3, -0.25) is 14.3 Å². The molecule has 3 N–H and O–H groups in total. The molecule has 0 saturated heterocycles. The molecular formula is C16H22N2O5S. The Kier molecular flexibility index (Phi) is 5.82. The third kappa shape index (κ3) is 4.95. The van der Waals surface area contributed by atoms with Gasteiger partial charge < -0.3 is 10.4 Å². The summed E-state index contributed by atoms with van der Waals surface area (Å²) in [5.74, 6) is -1.56. The van der Waals surface area contributed by atoms with Crippen molar-refractivity contribution in [2.75, 3.05) is 10.5 Å². The number of hydrogen-bond donors (Lipinski definition) is 3. The van der Waals surface area contributed by atoms with E-state index in [0.29, 0.717) is 36.9 Å². The van der Waals surface area contributed by atoms with E-state index < -0.39 is 21.9 Å². The topological polar surface area (TPSA) is 113 Å². The van der Waals surface area contributed by atoms with Gasteiger partial charge >= 0.3 is 5.97 Å². The van der Waals surface area contributed by atoms with Crippen LogP contribution >= 0.6 is 0 Å². The molecule has 1 amide bonds. The third-order valence-electron chi connectivity index (χ3n) is 3.99. The van der Waals surface area contributed by atoms with Crippen LogP contribution in [0.1, 0.15) is 43.0 Å². The first kappa shape index (κ1) is 18.3. The number of sulfonamides is 1. The van der Waals surface area contributed by atoms with Crippen LogP contribution in [-0.4, -0.2) is 37.2 Å². The molecule has 1 aromatic carbocycles. The van der Waals surface area contributed by atoms with E-state index in [2.05, 4.69) is 10.0 Å². The molecule has 1 saturated carbocycles. The van der Waals surface area contributed by atoms with Crippen LogP contribution in [0.15, 0.2) is 24.3 Å². The maximum Gasteiger partial charge on any atom is 0.306 e. The number of carboxylic acid groups (broad SMARTS) is 1. The Bertz CT molecular complexity index is 717. The molecule has 0 radical (unpaired) electrons. The van der Waals surface area contributed by atoms with Crippen LogP contribution in [0.4, 0.5) is 5.69 Å². The maximum absolute atomic E-state index is 12.3. The van der Waals surface area contributed by atoms with E-state index in [4.69, 9.17) is 5.11 Å². The number of hydrogen-bond acceptors (Lipinski definition) is 4. The third-order valence-corrected chi connectivity index (χ3v) is 5.48. The van der Waals surface area contributed by atoms with Crippen LogP contribution in [0, 0.1) is 5.92 Å². The fourth-order valence-electron chi connectivity index (χ4n) is 2.83. The minimum Gasteiger partial charge on any atom is -0.481 e. The van der Waals surface area contributed by atoms with Crippen molar-refractivity contribution in [3.63, 3.8) is 0 Å². The molecular weight excluding hydrogens is 332 g/mol. The molecule has 7 nitrogen and oxygen atoms in total. The van der Waals surface area contributed by atoms with E-state index in [-0.39, 0.29) is 17.7 Å². The normalized spacial score (nSPS) is 20.5. The summed E-state index contributed by atoms with van der Waals surface area (Å²) in [4.78, 5) is 23.2. The molecule has 1 fully saturated rings. The number of carboxylic acids is 1. The van der Waals surface area contributed by atoms with Gasteiger partial charge in [-0.15, -0.1) is 0 Å². The first-order chi connectivity index (χ1) is 11.3. The summed E-state index contributed by atoms with van der Waals surface area (Å²) < 4.78 is 26.0. The molecule has 2 rings (SSSR count). The number of anilines is 1. The number of aliphatic carboxylic acids is 1. The molecule has 132 valence electrons. The lowest BCUT2D eigenvalue weighted by atomic mass is 10.1. The summed E-state index contributed by atoms with van der Waals surface area (Å²) in [7, 11) is -3.41. The zero-order valence-electron chi connectivity index (χ0n) is 13.5. The van der Waals surface area contributed by atoms with Crippen molar-refractivity contribution in [3.8, 4) is 0 Å². The molecule has 8 heteroatoms. The summed E-state index contributed by atoms with van der Waals surface area (Å²) in [5, 5.41) is 11.8. The van der Waals surface area contributed by atoms with Crippen molar-refractivity contribution in [2.45, 2.75) is 38.6 Å². The van der Waals surface area contributed by atoms with E-state index in [1.165, 1.54) is 6.07 Å². The van der Waals surface area contributed by atoms with E-state index in [9.17, 15) is 18.0 Å². The average Bonchev–Trinajstić information content (AvgIpc) is 2.95. The van der Waals surface area contributed by atoms with Gasteiger partial charge in [0.05, 0.1) is 11.7 Å². The predicted molar refractivity (Wildman–Crippen MR) is 90.4 cm³/mol. The number of amides is 1. The van der Waals surface area contributed by atoms with Crippen LogP contribution in [-0.2, 0) is 14.8 Å². The molecule has 1 aromatic rings. The Balaban J connectivity index is 2.00. The lowest BCUT2D eigenvalue weighted by molar-refractivity contribution is -0.141. The van der Waals surface area contributed by atoms with Gasteiger partial charge in [-0.25, -0.2) is 8.42 Å². The van der Waals surface area contributed by atoms with Crippen molar-refractivity contribution in [1.82, 2.24) is 5.32 Å². The van der Waals surface area contributed by atoms with Gasteiger partial charge in [0.25, 0.3) is 5.91 Å². The number of benzene rings is 1. The highest BCUT2D eigenvalue weighted by atomic mass is 32.2. The van der Waals surface area contributed by atoms with Crippen LogP contribution < -0.4 is 10.0 Å². The fraction of sp³-hybridized carbons (Fsp3) is 0.500. The number of rotatable bonds is 7. The maximum atomic E-state index is 12.3. The van der Waals surface area contributed by atoms with Gasteiger partial charge in [-0.2, -0.15) is 0 Å². The van der Waals surface area contributed by atoms with E-state index in [1.54, 1.807) is 25.1 Å². The molecule has 0 unspecified atom stereocenters. The smallest absolute Gasteiger partial charge is 0.306 e. The molecule has 1 aliphatic carbocycles. The average molecular weight is 354 g/mol. The lowest BCUT2D eigenvalue weighted by Crippen LogP contribution is -2.33. The molecule has 2 atom stereocenters. The molecule has 0 spiro atoms. The Hall–Kier alpha value is -2.09. The lowest BCUT2D eigenvalue weighted by Gasteiger charge is -2.13. The van der Waals surface area contributed by atoms with Gasteiger partial charge in [0.15, 0.2) is 0 Å². The molecule has 0 bridgehead atoms. The van der Waals surface area contributed by atoms with Crippen molar-refractivity contribution >= 4 is 27.6 Å². The molecule has 0 aromatic heterocycles. The second kappa shape index (κ2) is 7.65. The summed E-state index contributed by atoms with van der Waals surface area (Å²) in [6.07, 6.45) is 2.11. The summed E-state index contributed by atoms with van der Waals surface area (Å²) in [6, 6.07) is 6.09. The fourth-order valence-corrected chi connectivity index (χ4v) is 3.95. The minimum absolute atomic E-state index is 0.0159. The van der Waals surface area contributed by atoms with Crippen LogP contribution in [0.2, 0.25) is 0 Å². The van der Waals surface area contributed by atoms with Crippen molar-refractivity contribution in [1.29, 1.82) is 0 Å². The van der Waals surface area contributed by atoms with E-state index in [1.807, 2.05) is 0 Å². The number of carbonyl (C=O) groups is 2. The van der Waals surface area contributed by atoms with Gasteiger partial charge in [0.2, 0.25) is 10.0 Å². The first-order valence-corrected chi connectivity index (χ1v) is 9.60. The van der Waals surface area contributed by atoms with Gasteiger partial charge in [-0.1, -0.05) is 13.0 Å².